The highest BCUT2D eigenvalue weighted by molar-refractivity contribution is 5.81. The fourth-order valence-corrected chi connectivity index (χ4v) is 2.44. The van der Waals surface area contributed by atoms with Gasteiger partial charge in [-0.3, -0.25) is 0 Å². The zero-order valence-corrected chi connectivity index (χ0v) is 13.2. The van der Waals surface area contributed by atoms with Gasteiger partial charge in [0.15, 0.2) is 0 Å². The fraction of sp³-hybridized carbons (Fsp3) is 0.526. The number of carbonyl (C=O) groups is 1. The van der Waals surface area contributed by atoms with Gasteiger partial charge in [-0.1, -0.05) is 82.4 Å². The first-order valence-corrected chi connectivity index (χ1v) is 8.16. The lowest BCUT2D eigenvalue weighted by Gasteiger charge is -2.17. The van der Waals surface area contributed by atoms with Crippen LogP contribution in [0.15, 0.2) is 43.0 Å². The van der Waals surface area contributed by atoms with Crippen LogP contribution in [0.2, 0.25) is 0 Å². The highest BCUT2D eigenvalue weighted by Crippen LogP contribution is 2.24. The standard InChI is InChI=1S/C19H28O2/c1-3-5-6-7-8-9-13-16-18(21-19(20)4-2)17-14-11-10-12-15-17/h4,10-12,14-15,18H,2-3,5-9,13,16H2,1H3. The highest BCUT2D eigenvalue weighted by atomic mass is 16.5. The average molecular weight is 288 g/mol. The molecule has 0 aliphatic rings. The number of carbonyl (C=O) groups excluding carboxylic acids is 1. The van der Waals surface area contributed by atoms with Gasteiger partial charge in [-0.25, -0.2) is 4.79 Å². The molecule has 0 aliphatic heterocycles. The lowest BCUT2D eigenvalue weighted by atomic mass is 10.0. The quantitative estimate of drug-likeness (QED) is 0.301. The summed E-state index contributed by atoms with van der Waals surface area (Å²) in [4.78, 5) is 11.5. The lowest BCUT2D eigenvalue weighted by molar-refractivity contribution is -0.143. The van der Waals surface area contributed by atoms with E-state index in [4.69, 9.17) is 4.74 Å². The molecule has 0 fully saturated rings. The van der Waals surface area contributed by atoms with E-state index in [0.717, 1.165) is 18.4 Å². The molecule has 0 radical (unpaired) electrons. The van der Waals surface area contributed by atoms with Gasteiger partial charge in [-0.15, -0.1) is 0 Å². The molecule has 1 unspecified atom stereocenters. The lowest BCUT2D eigenvalue weighted by Crippen LogP contribution is -2.09. The van der Waals surface area contributed by atoms with Crippen LogP contribution in [-0.2, 0) is 9.53 Å². The predicted molar refractivity (Wildman–Crippen MR) is 88.1 cm³/mol. The summed E-state index contributed by atoms with van der Waals surface area (Å²) in [6, 6.07) is 9.97. The molecule has 0 spiro atoms. The predicted octanol–water partition coefficient (Wildman–Crippen LogP) is 5.60. The summed E-state index contributed by atoms with van der Waals surface area (Å²) in [6.07, 6.45) is 10.8. The molecule has 0 amide bonds. The first kappa shape index (κ1) is 17.5. The number of esters is 1. The molecular formula is C19H28O2. The molecule has 2 heteroatoms. The maximum atomic E-state index is 11.5. The largest absolute Gasteiger partial charge is 0.454 e. The topological polar surface area (TPSA) is 26.3 Å². The van der Waals surface area contributed by atoms with Gasteiger partial charge < -0.3 is 4.74 Å². The Morgan fingerprint density at radius 3 is 2.33 bits per heavy atom. The second-order valence-corrected chi connectivity index (χ2v) is 5.45. The number of benzene rings is 1. The van der Waals surface area contributed by atoms with Gasteiger partial charge in [0.25, 0.3) is 0 Å². The third-order valence-corrected chi connectivity index (χ3v) is 3.67. The van der Waals surface area contributed by atoms with Crippen LogP contribution in [0.1, 0.15) is 70.0 Å². The van der Waals surface area contributed by atoms with Crippen LogP contribution >= 0.6 is 0 Å². The van der Waals surface area contributed by atoms with Crippen molar-refractivity contribution in [3.8, 4) is 0 Å². The van der Waals surface area contributed by atoms with Gasteiger partial charge in [0.05, 0.1) is 0 Å². The van der Waals surface area contributed by atoms with Crippen molar-refractivity contribution in [1.29, 1.82) is 0 Å². The molecule has 0 aliphatic carbocycles. The summed E-state index contributed by atoms with van der Waals surface area (Å²) in [5, 5.41) is 0. The Kier molecular flexibility index (Phi) is 9.26. The molecule has 0 aromatic heterocycles. The van der Waals surface area contributed by atoms with Crippen molar-refractivity contribution in [3.63, 3.8) is 0 Å². The molecule has 21 heavy (non-hydrogen) atoms. The minimum Gasteiger partial charge on any atom is -0.454 e. The van der Waals surface area contributed by atoms with E-state index in [1.807, 2.05) is 30.3 Å². The van der Waals surface area contributed by atoms with E-state index in [1.165, 1.54) is 44.6 Å². The first-order valence-electron chi connectivity index (χ1n) is 8.16. The molecule has 1 atom stereocenters. The molecule has 0 heterocycles. The van der Waals surface area contributed by atoms with E-state index in [0.29, 0.717) is 0 Å². The molecule has 116 valence electrons. The summed E-state index contributed by atoms with van der Waals surface area (Å²) >= 11 is 0. The van der Waals surface area contributed by atoms with Crippen molar-refractivity contribution in [2.45, 2.75) is 64.4 Å². The molecular weight excluding hydrogens is 260 g/mol. The Hall–Kier alpha value is -1.57. The molecule has 0 bridgehead atoms. The minimum absolute atomic E-state index is 0.146. The molecule has 0 saturated carbocycles. The molecule has 1 aromatic carbocycles. The Bertz CT molecular complexity index is 397. The number of hydrogen-bond acceptors (Lipinski definition) is 2. The first-order chi connectivity index (χ1) is 10.3. The van der Waals surface area contributed by atoms with Crippen LogP contribution in [-0.4, -0.2) is 5.97 Å². The average Bonchev–Trinajstić information content (AvgIpc) is 2.53. The van der Waals surface area contributed by atoms with Gasteiger partial charge in [-0.2, -0.15) is 0 Å². The van der Waals surface area contributed by atoms with Gasteiger partial charge in [0.2, 0.25) is 0 Å². The Balaban J connectivity index is 2.36. The van der Waals surface area contributed by atoms with Crippen molar-refractivity contribution in [2.24, 2.45) is 0 Å². The van der Waals surface area contributed by atoms with Gasteiger partial charge >= 0.3 is 5.97 Å². The molecule has 0 saturated heterocycles. The van der Waals surface area contributed by atoms with Crippen LogP contribution in [0.25, 0.3) is 0 Å². The third-order valence-electron chi connectivity index (χ3n) is 3.67. The van der Waals surface area contributed by atoms with Gasteiger partial charge in [-0.05, 0) is 18.4 Å². The molecule has 1 rings (SSSR count). The van der Waals surface area contributed by atoms with Crippen molar-refractivity contribution in [3.05, 3.63) is 48.6 Å². The summed E-state index contributed by atoms with van der Waals surface area (Å²) in [6.45, 7) is 5.71. The van der Waals surface area contributed by atoms with E-state index in [9.17, 15) is 4.79 Å². The fourth-order valence-electron chi connectivity index (χ4n) is 2.44. The molecule has 0 N–H and O–H groups in total. The second-order valence-electron chi connectivity index (χ2n) is 5.45. The van der Waals surface area contributed by atoms with Crippen LogP contribution < -0.4 is 0 Å². The van der Waals surface area contributed by atoms with E-state index >= 15 is 0 Å². The summed E-state index contributed by atoms with van der Waals surface area (Å²) in [5.74, 6) is -0.341. The maximum Gasteiger partial charge on any atom is 0.330 e. The normalized spacial score (nSPS) is 11.9. The molecule has 2 nitrogen and oxygen atoms in total. The van der Waals surface area contributed by atoms with E-state index in [-0.39, 0.29) is 12.1 Å². The number of unbranched alkanes of at least 4 members (excludes halogenated alkanes) is 6. The zero-order chi connectivity index (χ0) is 15.3. The summed E-state index contributed by atoms with van der Waals surface area (Å²) in [7, 11) is 0. The maximum absolute atomic E-state index is 11.5. The number of hydrogen-bond donors (Lipinski definition) is 0. The van der Waals surface area contributed by atoms with Crippen LogP contribution in [0.5, 0.6) is 0 Å². The monoisotopic (exact) mass is 288 g/mol. The Morgan fingerprint density at radius 2 is 1.71 bits per heavy atom. The van der Waals surface area contributed by atoms with Crippen molar-refractivity contribution in [2.75, 3.05) is 0 Å². The third kappa shape index (κ3) is 7.69. The number of rotatable bonds is 11. The second kappa shape index (κ2) is 11.1. The summed E-state index contributed by atoms with van der Waals surface area (Å²) in [5.41, 5.74) is 1.07. The van der Waals surface area contributed by atoms with E-state index < -0.39 is 0 Å². The van der Waals surface area contributed by atoms with E-state index in [1.54, 1.807) is 0 Å². The van der Waals surface area contributed by atoms with Gasteiger partial charge in [0.1, 0.15) is 6.10 Å². The number of ether oxygens (including phenoxy) is 1. The van der Waals surface area contributed by atoms with Crippen LogP contribution in [0.3, 0.4) is 0 Å². The zero-order valence-electron chi connectivity index (χ0n) is 13.2. The van der Waals surface area contributed by atoms with Crippen molar-refractivity contribution >= 4 is 5.97 Å². The summed E-state index contributed by atoms with van der Waals surface area (Å²) < 4.78 is 5.47. The van der Waals surface area contributed by atoms with Crippen molar-refractivity contribution in [1.82, 2.24) is 0 Å². The SMILES string of the molecule is C=CC(=O)OC(CCCCCCCCC)c1ccccc1. The van der Waals surface area contributed by atoms with Gasteiger partial charge in [0, 0.05) is 6.08 Å². The van der Waals surface area contributed by atoms with Crippen molar-refractivity contribution < 1.29 is 9.53 Å². The Morgan fingerprint density at radius 1 is 1.10 bits per heavy atom. The minimum atomic E-state index is -0.341. The molecule has 1 aromatic rings. The highest BCUT2D eigenvalue weighted by Gasteiger charge is 2.14. The Labute approximate surface area is 129 Å². The van der Waals surface area contributed by atoms with Crippen LogP contribution in [0.4, 0.5) is 0 Å². The smallest absolute Gasteiger partial charge is 0.330 e. The van der Waals surface area contributed by atoms with E-state index in [2.05, 4.69) is 13.5 Å². The van der Waals surface area contributed by atoms with Crippen LogP contribution in [0, 0.1) is 0 Å².